The fourth-order valence-corrected chi connectivity index (χ4v) is 1.01. The number of rotatable bonds is 7. The Hall–Kier alpha value is -1.40. The minimum Gasteiger partial charge on any atom is -0.449 e. The fourth-order valence-electron chi connectivity index (χ4n) is 1.01. The van der Waals surface area contributed by atoms with E-state index in [0.717, 1.165) is 0 Å². The van der Waals surface area contributed by atoms with E-state index >= 15 is 0 Å². The van der Waals surface area contributed by atoms with Crippen LogP contribution in [0, 0.1) is 0 Å². The highest BCUT2D eigenvalue weighted by Gasteiger charge is 2.03. The molecule has 90 valence electrons. The molecule has 6 nitrogen and oxygen atoms in total. The number of methoxy groups -OCH3 is 1. The van der Waals surface area contributed by atoms with Crippen molar-refractivity contribution in [3.8, 4) is 0 Å². The van der Waals surface area contributed by atoms with Gasteiger partial charge in [0, 0.05) is 32.5 Å². The third-order valence-corrected chi connectivity index (χ3v) is 1.81. The molecule has 0 aromatic carbocycles. The van der Waals surface area contributed by atoms with Gasteiger partial charge in [0.2, 0.25) is 0 Å². The number of nitrogens with zero attached hydrogens (tertiary/aromatic N) is 2. The van der Waals surface area contributed by atoms with Crippen molar-refractivity contribution in [1.82, 2.24) is 9.55 Å². The molecule has 1 rings (SSSR count). The molecule has 0 bridgehead atoms. The number of carbonyl (C=O) groups excluding carboxylic acids is 1. The van der Waals surface area contributed by atoms with Gasteiger partial charge in [0.05, 0.1) is 19.8 Å². The van der Waals surface area contributed by atoms with Crippen LogP contribution in [0.1, 0.15) is 6.42 Å². The van der Waals surface area contributed by atoms with Crippen LogP contribution in [-0.2, 0) is 14.2 Å². The molecule has 0 amide bonds. The van der Waals surface area contributed by atoms with Gasteiger partial charge in [-0.1, -0.05) is 0 Å². The van der Waals surface area contributed by atoms with Gasteiger partial charge in [-0.25, -0.2) is 14.3 Å². The second-order valence-corrected chi connectivity index (χ2v) is 3.04. The second kappa shape index (κ2) is 7.84. The Morgan fingerprint density at radius 3 is 2.88 bits per heavy atom. The predicted octanol–water partition coefficient (Wildman–Crippen LogP) is 0.921. The molecular formula is C10H16N2O4. The number of hydrogen-bond donors (Lipinski definition) is 0. The molecule has 16 heavy (non-hydrogen) atoms. The number of carbonyl (C=O) groups is 1. The highest BCUT2D eigenvalue weighted by Crippen LogP contribution is 1.92. The van der Waals surface area contributed by atoms with Crippen LogP contribution in [0.15, 0.2) is 18.7 Å². The lowest BCUT2D eigenvalue weighted by atomic mass is 10.5. The van der Waals surface area contributed by atoms with Crippen molar-refractivity contribution in [2.24, 2.45) is 0 Å². The van der Waals surface area contributed by atoms with E-state index < -0.39 is 6.09 Å². The summed E-state index contributed by atoms with van der Waals surface area (Å²) in [7, 11) is 1.62. The van der Waals surface area contributed by atoms with E-state index in [0.29, 0.717) is 32.8 Å². The Balaban J connectivity index is 1.97. The topological polar surface area (TPSA) is 62.6 Å². The predicted molar refractivity (Wildman–Crippen MR) is 56.3 cm³/mol. The quantitative estimate of drug-likeness (QED) is 0.649. The third kappa shape index (κ3) is 4.90. The Labute approximate surface area is 94.1 Å². The number of hydrogen-bond acceptors (Lipinski definition) is 5. The number of ether oxygens (including phenoxy) is 3. The van der Waals surface area contributed by atoms with E-state index in [9.17, 15) is 4.79 Å². The van der Waals surface area contributed by atoms with Gasteiger partial charge < -0.3 is 14.2 Å². The molecule has 6 heteroatoms. The van der Waals surface area contributed by atoms with Crippen LogP contribution in [0.3, 0.4) is 0 Å². The lowest BCUT2D eigenvalue weighted by Crippen LogP contribution is -2.14. The summed E-state index contributed by atoms with van der Waals surface area (Å²) in [4.78, 5) is 15.0. The van der Waals surface area contributed by atoms with Gasteiger partial charge in [0.25, 0.3) is 0 Å². The smallest absolute Gasteiger partial charge is 0.419 e. The SMILES string of the molecule is COCCOCCCOC(=O)n1ccnc1. The lowest BCUT2D eigenvalue weighted by Gasteiger charge is -2.05. The zero-order valence-electron chi connectivity index (χ0n) is 9.30. The number of aromatic nitrogens is 2. The Morgan fingerprint density at radius 2 is 2.19 bits per heavy atom. The molecule has 0 saturated carbocycles. The summed E-state index contributed by atoms with van der Waals surface area (Å²) in [5.41, 5.74) is 0. The van der Waals surface area contributed by atoms with E-state index in [1.165, 1.54) is 23.3 Å². The first-order chi connectivity index (χ1) is 7.84. The summed E-state index contributed by atoms with van der Waals surface area (Å²) in [6.45, 7) is 2.03. The van der Waals surface area contributed by atoms with Crippen molar-refractivity contribution in [2.45, 2.75) is 6.42 Å². The Morgan fingerprint density at radius 1 is 1.31 bits per heavy atom. The minimum absolute atomic E-state index is 0.337. The summed E-state index contributed by atoms with van der Waals surface area (Å²) in [5, 5.41) is 0. The highest BCUT2D eigenvalue weighted by molar-refractivity contribution is 5.69. The molecule has 1 heterocycles. The summed E-state index contributed by atoms with van der Waals surface area (Å²) < 4.78 is 16.3. The molecule has 0 aliphatic heterocycles. The minimum atomic E-state index is -0.422. The van der Waals surface area contributed by atoms with E-state index in [4.69, 9.17) is 14.2 Å². The number of imidazole rings is 1. The molecule has 0 radical (unpaired) electrons. The summed E-state index contributed by atoms with van der Waals surface area (Å²) in [6.07, 6.45) is 4.71. The van der Waals surface area contributed by atoms with Crippen LogP contribution in [0.25, 0.3) is 0 Å². The maximum Gasteiger partial charge on any atom is 0.419 e. The Bertz CT molecular complexity index is 287. The van der Waals surface area contributed by atoms with Crippen molar-refractivity contribution in [3.63, 3.8) is 0 Å². The van der Waals surface area contributed by atoms with Crippen LogP contribution in [-0.4, -0.2) is 49.2 Å². The van der Waals surface area contributed by atoms with Gasteiger partial charge in [-0.05, 0) is 0 Å². The fraction of sp³-hybridized carbons (Fsp3) is 0.600. The molecular weight excluding hydrogens is 212 g/mol. The maximum absolute atomic E-state index is 11.3. The molecule has 0 N–H and O–H groups in total. The van der Waals surface area contributed by atoms with Crippen molar-refractivity contribution in [3.05, 3.63) is 18.7 Å². The van der Waals surface area contributed by atoms with Gasteiger partial charge in [0.1, 0.15) is 6.33 Å². The van der Waals surface area contributed by atoms with Crippen LogP contribution in [0.4, 0.5) is 4.79 Å². The normalized spacial score (nSPS) is 10.3. The van der Waals surface area contributed by atoms with Crippen molar-refractivity contribution in [1.29, 1.82) is 0 Å². The van der Waals surface area contributed by atoms with Gasteiger partial charge in [-0.2, -0.15) is 0 Å². The third-order valence-electron chi connectivity index (χ3n) is 1.81. The standard InChI is InChI=1S/C10H16N2O4/c1-14-7-8-15-5-2-6-16-10(13)12-4-3-11-9-12/h3-4,9H,2,5-8H2,1H3. The molecule has 0 spiro atoms. The van der Waals surface area contributed by atoms with Gasteiger partial charge in [0.15, 0.2) is 0 Å². The lowest BCUT2D eigenvalue weighted by molar-refractivity contribution is 0.0598. The van der Waals surface area contributed by atoms with Gasteiger partial charge >= 0.3 is 6.09 Å². The van der Waals surface area contributed by atoms with Crippen LogP contribution in [0.2, 0.25) is 0 Å². The van der Waals surface area contributed by atoms with Crippen LogP contribution >= 0.6 is 0 Å². The molecule has 0 aliphatic carbocycles. The zero-order valence-corrected chi connectivity index (χ0v) is 9.30. The summed E-state index contributed by atoms with van der Waals surface area (Å²) in [5.74, 6) is 0. The molecule has 0 atom stereocenters. The van der Waals surface area contributed by atoms with Crippen molar-refractivity contribution >= 4 is 6.09 Å². The molecule has 0 saturated heterocycles. The average Bonchev–Trinajstić information content (AvgIpc) is 2.81. The summed E-state index contributed by atoms with van der Waals surface area (Å²) in [6, 6.07) is 0. The molecule has 0 aliphatic rings. The second-order valence-electron chi connectivity index (χ2n) is 3.04. The Kier molecular flexibility index (Phi) is 6.20. The van der Waals surface area contributed by atoms with Crippen LogP contribution < -0.4 is 0 Å². The van der Waals surface area contributed by atoms with E-state index in [2.05, 4.69) is 4.98 Å². The first-order valence-electron chi connectivity index (χ1n) is 5.06. The summed E-state index contributed by atoms with van der Waals surface area (Å²) >= 11 is 0. The first kappa shape index (κ1) is 12.7. The van der Waals surface area contributed by atoms with Crippen LogP contribution in [0.5, 0.6) is 0 Å². The largest absolute Gasteiger partial charge is 0.449 e. The average molecular weight is 228 g/mol. The zero-order chi connectivity index (χ0) is 11.6. The van der Waals surface area contributed by atoms with E-state index in [1.807, 2.05) is 0 Å². The highest BCUT2D eigenvalue weighted by atomic mass is 16.6. The van der Waals surface area contributed by atoms with Gasteiger partial charge in [-0.15, -0.1) is 0 Å². The maximum atomic E-state index is 11.3. The molecule has 0 unspecified atom stereocenters. The monoisotopic (exact) mass is 228 g/mol. The van der Waals surface area contributed by atoms with E-state index in [-0.39, 0.29) is 0 Å². The molecule has 1 aromatic heterocycles. The molecule has 0 fully saturated rings. The van der Waals surface area contributed by atoms with Crippen molar-refractivity contribution in [2.75, 3.05) is 33.5 Å². The first-order valence-corrected chi connectivity index (χ1v) is 5.06. The molecule has 1 aromatic rings. The van der Waals surface area contributed by atoms with Crippen molar-refractivity contribution < 1.29 is 19.0 Å². The van der Waals surface area contributed by atoms with Gasteiger partial charge in [-0.3, -0.25) is 0 Å². The van der Waals surface area contributed by atoms with E-state index in [1.54, 1.807) is 7.11 Å².